The molecule has 1 aromatic carbocycles. The highest BCUT2D eigenvalue weighted by Crippen LogP contribution is 2.54. The lowest BCUT2D eigenvalue weighted by atomic mass is 9.62. The van der Waals surface area contributed by atoms with Gasteiger partial charge in [0.1, 0.15) is 6.10 Å². The summed E-state index contributed by atoms with van der Waals surface area (Å²) >= 11 is 3.13. The first-order chi connectivity index (χ1) is 9.03. The third-order valence-corrected chi connectivity index (χ3v) is 4.96. The van der Waals surface area contributed by atoms with Crippen molar-refractivity contribution in [1.29, 1.82) is 0 Å². The van der Waals surface area contributed by atoms with E-state index in [0.29, 0.717) is 10.9 Å². The summed E-state index contributed by atoms with van der Waals surface area (Å²) in [5.74, 6) is -1.96. The van der Waals surface area contributed by atoms with Crippen LogP contribution in [0.3, 0.4) is 0 Å². The van der Waals surface area contributed by atoms with Crippen molar-refractivity contribution in [2.24, 2.45) is 5.41 Å². The molecular formula is C14H15BrF2O2. The molecule has 2 saturated carbocycles. The molecule has 3 rings (SSSR count). The Morgan fingerprint density at radius 1 is 1.26 bits per heavy atom. The standard InChI is InChI=1S/C14H15BrF2O2/c15-8-5-9(16)13(17)10(6-8)19-12-7-11(18)14(12)3-1-2-4-14/h5-6,11-12,18H,1-4,7H2. The van der Waals surface area contributed by atoms with E-state index in [1.807, 2.05) is 0 Å². The molecule has 1 aromatic rings. The first kappa shape index (κ1) is 13.3. The third kappa shape index (κ3) is 2.07. The summed E-state index contributed by atoms with van der Waals surface area (Å²) in [6, 6.07) is 2.51. The lowest BCUT2D eigenvalue weighted by molar-refractivity contribution is -0.152. The zero-order chi connectivity index (χ0) is 13.6. The van der Waals surface area contributed by atoms with Gasteiger partial charge in [-0.1, -0.05) is 28.8 Å². The van der Waals surface area contributed by atoms with Crippen molar-refractivity contribution in [3.8, 4) is 5.75 Å². The van der Waals surface area contributed by atoms with Gasteiger partial charge in [0.25, 0.3) is 0 Å². The first-order valence-corrected chi connectivity index (χ1v) is 7.31. The highest BCUT2D eigenvalue weighted by atomic mass is 79.9. The highest BCUT2D eigenvalue weighted by Gasteiger charge is 2.57. The molecule has 0 radical (unpaired) electrons. The van der Waals surface area contributed by atoms with E-state index in [1.54, 1.807) is 0 Å². The van der Waals surface area contributed by atoms with Crippen molar-refractivity contribution in [1.82, 2.24) is 0 Å². The predicted octanol–water partition coefficient (Wildman–Crippen LogP) is 3.80. The Bertz CT molecular complexity index is 500. The molecule has 1 N–H and O–H groups in total. The van der Waals surface area contributed by atoms with Crippen LogP contribution in [0.25, 0.3) is 0 Å². The fourth-order valence-electron chi connectivity index (χ4n) is 3.35. The van der Waals surface area contributed by atoms with Gasteiger partial charge in [-0.3, -0.25) is 0 Å². The summed E-state index contributed by atoms with van der Waals surface area (Å²) in [4.78, 5) is 0. The van der Waals surface area contributed by atoms with Gasteiger partial charge in [-0.05, 0) is 25.0 Å². The summed E-state index contributed by atoms with van der Waals surface area (Å²) < 4.78 is 33.1. The molecule has 2 aliphatic carbocycles. The van der Waals surface area contributed by atoms with Crippen LogP contribution < -0.4 is 4.74 Å². The minimum Gasteiger partial charge on any atom is -0.486 e. The number of aliphatic hydroxyl groups excluding tert-OH is 1. The van der Waals surface area contributed by atoms with Crippen LogP contribution >= 0.6 is 15.9 Å². The molecule has 2 nitrogen and oxygen atoms in total. The van der Waals surface area contributed by atoms with Crippen LogP contribution in [0.5, 0.6) is 5.75 Å². The van der Waals surface area contributed by atoms with E-state index in [4.69, 9.17) is 4.74 Å². The maximum atomic E-state index is 13.7. The van der Waals surface area contributed by atoms with E-state index in [0.717, 1.165) is 31.7 Å². The van der Waals surface area contributed by atoms with E-state index in [9.17, 15) is 13.9 Å². The summed E-state index contributed by atoms with van der Waals surface area (Å²) in [5.41, 5.74) is -0.245. The fraction of sp³-hybridized carbons (Fsp3) is 0.571. The average Bonchev–Trinajstić information content (AvgIpc) is 2.87. The van der Waals surface area contributed by atoms with Crippen LogP contribution in [0, 0.1) is 17.0 Å². The largest absolute Gasteiger partial charge is 0.486 e. The summed E-state index contributed by atoms with van der Waals surface area (Å²) in [6.45, 7) is 0. The number of halogens is 3. The van der Waals surface area contributed by atoms with Crippen LogP contribution in [-0.4, -0.2) is 17.3 Å². The number of hydrogen-bond acceptors (Lipinski definition) is 2. The van der Waals surface area contributed by atoms with Crippen molar-refractivity contribution in [2.75, 3.05) is 0 Å². The topological polar surface area (TPSA) is 29.5 Å². The average molecular weight is 333 g/mol. The highest BCUT2D eigenvalue weighted by molar-refractivity contribution is 9.10. The molecule has 2 aliphatic rings. The number of benzene rings is 1. The molecule has 0 heterocycles. The lowest BCUT2D eigenvalue weighted by Gasteiger charge is -2.51. The van der Waals surface area contributed by atoms with E-state index < -0.39 is 11.6 Å². The second-order valence-corrected chi connectivity index (χ2v) is 6.41. The molecule has 0 aromatic heterocycles. The van der Waals surface area contributed by atoms with Gasteiger partial charge in [-0.2, -0.15) is 4.39 Å². The second kappa shape index (κ2) is 4.70. The van der Waals surface area contributed by atoms with Crippen molar-refractivity contribution in [2.45, 2.75) is 44.3 Å². The zero-order valence-corrected chi connectivity index (χ0v) is 11.9. The zero-order valence-electron chi connectivity index (χ0n) is 10.3. The lowest BCUT2D eigenvalue weighted by Crippen LogP contribution is -2.58. The molecule has 2 fully saturated rings. The third-order valence-electron chi connectivity index (χ3n) is 4.51. The predicted molar refractivity (Wildman–Crippen MR) is 70.0 cm³/mol. The maximum Gasteiger partial charge on any atom is 0.200 e. The van der Waals surface area contributed by atoms with Gasteiger partial charge in [0, 0.05) is 16.3 Å². The van der Waals surface area contributed by atoms with Gasteiger partial charge in [-0.15, -0.1) is 0 Å². The van der Waals surface area contributed by atoms with Gasteiger partial charge in [-0.25, -0.2) is 4.39 Å². The van der Waals surface area contributed by atoms with Crippen LogP contribution in [-0.2, 0) is 0 Å². The molecule has 2 unspecified atom stereocenters. The SMILES string of the molecule is OC1CC(Oc2cc(Br)cc(F)c2F)C12CCCC2. The quantitative estimate of drug-likeness (QED) is 0.835. The van der Waals surface area contributed by atoms with Crippen molar-refractivity contribution in [3.05, 3.63) is 28.2 Å². The number of hydrogen-bond donors (Lipinski definition) is 1. The monoisotopic (exact) mass is 332 g/mol. The van der Waals surface area contributed by atoms with Gasteiger partial charge in [0.05, 0.1) is 6.10 Å². The molecule has 2 atom stereocenters. The molecule has 0 aliphatic heterocycles. The molecular weight excluding hydrogens is 318 g/mol. The van der Waals surface area contributed by atoms with Gasteiger partial charge in [0.2, 0.25) is 5.82 Å². The Kier molecular flexibility index (Phi) is 3.29. The Balaban J connectivity index is 1.83. The summed E-state index contributed by atoms with van der Waals surface area (Å²) in [6.07, 6.45) is 3.83. The Morgan fingerprint density at radius 3 is 2.58 bits per heavy atom. The molecule has 0 saturated heterocycles. The van der Waals surface area contributed by atoms with Crippen molar-refractivity contribution < 1.29 is 18.6 Å². The van der Waals surface area contributed by atoms with Crippen molar-refractivity contribution >= 4 is 15.9 Å². The Morgan fingerprint density at radius 2 is 1.95 bits per heavy atom. The summed E-state index contributed by atoms with van der Waals surface area (Å²) in [5, 5.41) is 9.97. The normalized spacial score (nSPS) is 28.4. The molecule has 0 bridgehead atoms. The molecule has 104 valence electrons. The van der Waals surface area contributed by atoms with Crippen LogP contribution in [0.15, 0.2) is 16.6 Å². The molecule has 1 spiro atoms. The molecule has 0 amide bonds. The number of aliphatic hydroxyl groups is 1. The Hall–Kier alpha value is -0.680. The Labute approximate surface area is 118 Å². The first-order valence-electron chi connectivity index (χ1n) is 6.52. The van der Waals surface area contributed by atoms with Crippen LogP contribution in [0.2, 0.25) is 0 Å². The minimum atomic E-state index is -0.960. The van der Waals surface area contributed by atoms with E-state index >= 15 is 0 Å². The molecule has 19 heavy (non-hydrogen) atoms. The van der Waals surface area contributed by atoms with Gasteiger partial charge < -0.3 is 9.84 Å². The van der Waals surface area contributed by atoms with E-state index in [2.05, 4.69) is 15.9 Å². The van der Waals surface area contributed by atoms with Crippen LogP contribution in [0.4, 0.5) is 8.78 Å². The maximum absolute atomic E-state index is 13.7. The van der Waals surface area contributed by atoms with E-state index in [1.165, 1.54) is 6.07 Å². The smallest absolute Gasteiger partial charge is 0.200 e. The number of rotatable bonds is 2. The number of ether oxygens (including phenoxy) is 1. The fourth-order valence-corrected chi connectivity index (χ4v) is 3.76. The van der Waals surface area contributed by atoms with E-state index in [-0.39, 0.29) is 23.4 Å². The van der Waals surface area contributed by atoms with Crippen LogP contribution in [0.1, 0.15) is 32.1 Å². The van der Waals surface area contributed by atoms with Crippen molar-refractivity contribution in [3.63, 3.8) is 0 Å². The second-order valence-electron chi connectivity index (χ2n) is 5.50. The van der Waals surface area contributed by atoms with Gasteiger partial charge >= 0.3 is 0 Å². The minimum absolute atomic E-state index is 0.0740. The summed E-state index contributed by atoms with van der Waals surface area (Å²) in [7, 11) is 0. The molecule has 5 heteroatoms. The van der Waals surface area contributed by atoms with Gasteiger partial charge in [0.15, 0.2) is 11.6 Å².